The van der Waals surface area contributed by atoms with Crippen molar-refractivity contribution >= 4 is 16.1 Å². The average Bonchev–Trinajstić information content (AvgIpc) is 3.17. The molecule has 1 aromatic carbocycles. The minimum Gasteiger partial charge on any atom is -0.466 e. The molecule has 0 radical (unpaired) electrons. The Morgan fingerprint density at radius 3 is 2.55 bits per heavy atom. The zero-order chi connectivity index (χ0) is 14.8. The first-order valence-corrected chi connectivity index (χ1v) is 7.97. The Labute approximate surface area is 119 Å². The number of benzene rings is 1. The van der Waals surface area contributed by atoms with Crippen LogP contribution in [0.2, 0.25) is 0 Å². The molecule has 0 aromatic heterocycles. The van der Waals surface area contributed by atoms with E-state index < -0.39 is 10.1 Å². The largest absolute Gasteiger partial charge is 0.466 e. The highest BCUT2D eigenvalue weighted by molar-refractivity contribution is 7.86. The Morgan fingerprint density at radius 2 is 1.95 bits per heavy atom. The minimum atomic E-state index is -3.75. The van der Waals surface area contributed by atoms with Crippen LogP contribution in [-0.2, 0) is 23.8 Å². The molecule has 6 heteroatoms. The third-order valence-corrected chi connectivity index (χ3v) is 4.55. The second-order valence-corrected chi connectivity index (χ2v) is 6.52. The van der Waals surface area contributed by atoms with Gasteiger partial charge in [0.15, 0.2) is 0 Å². The molecule has 0 spiro atoms. The van der Waals surface area contributed by atoms with E-state index in [-0.39, 0.29) is 29.3 Å². The van der Waals surface area contributed by atoms with Crippen LogP contribution in [0.4, 0.5) is 0 Å². The molecule has 0 bridgehead atoms. The summed E-state index contributed by atoms with van der Waals surface area (Å²) in [6.45, 7) is 3.99. The van der Waals surface area contributed by atoms with E-state index in [1.807, 2.05) is 6.92 Å². The van der Waals surface area contributed by atoms with Gasteiger partial charge in [0.25, 0.3) is 10.1 Å². The molecule has 0 aliphatic heterocycles. The molecule has 20 heavy (non-hydrogen) atoms. The molecule has 0 heterocycles. The summed E-state index contributed by atoms with van der Waals surface area (Å²) in [5.74, 6) is -0.550. The van der Waals surface area contributed by atoms with Crippen LogP contribution in [-0.4, -0.2) is 27.6 Å². The molecule has 0 amide bonds. The fourth-order valence-electron chi connectivity index (χ4n) is 1.92. The number of carbonyl (C=O) groups is 1. The number of aryl methyl sites for hydroxylation is 1. The van der Waals surface area contributed by atoms with Gasteiger partial charge in [-0.05, 0) is 38.3 Å². The van der Waals surface area contributed by atoms with Gasteiger partial charge >= 0.3 is 5.97 Å². The van der Waals surface area contributed by atoms with Gasteiger partial charge in [-0.1, -0.05) is 17.7 Å². The van der Waals surface area contributed by atoms with Gasteiger partial charge in [0.2, 0.25) is 0 Å². The van der Waals surface area contributed by atoms with Crippen LogP contribution in [0.3, 0.4) is 0 Å². The van der Waals surface area contributed by atoms with Crippen molar-refractivity contribution in [2.75, 3.05) is 13.2 Å². The molecule has 1 saturated carbocycles. The van der Waals surface area contributed by atoms with Crippen molar-refractivity contribution in [1.29, 1.82) is 0 Å². The lowest BCUT2D eigenvalue weighted by Gasteiger charge is -2.05. The SMILES string of the molecule is CCOC(=O)[C@@H]1C[C@@H]1COS(=O)(=O)c1ccc(C)cc1. The lowest BCUT2D eigenvalue weighted by atomic mass is 10.2. The summed E-state index contributed by atoms with van der Waals surface area (Å²) < 4.78 is 33.8. The van der Waals surface area contributed by atoms with Gasteiger partial charge in [0.05, 0.1) is 24.0 Å². The van der Waals surface area contributed by atoms with E-state index in [9.17, 15) is 13.2 Å². The van der Waals surface area contributed by atoms with Crippen LogP contribution in [0.5, 0.6) is 0 Å². The number of ether oxygens (including phenoxy) is 1. The number of hydrogen-bond donors (Lipinski definition) is 0. The molecular weight excluding hydrogens is 280 g/mol. The van der Waals surface area contributed by atoms with Gasteiger partial charge in [0, 0.05) is 0 Å². The number of hydrogen-bond acceptors (Lipinski definition) is 5. The smallest absolute Gasteiger partial charge is 0.309 e. The van der Waals surface area contributed by atoms with E-state index in [0.29, 0.717) is 13.0 Å². The Balaban J connectivity index is 1.88. The molecule has 2 rings (SSSR count). The predicted molar refractivity (Wildman–Crippen MR) is 72.5 cm³/mol. The van der Waals surface area contributed by atoms with Crippen molar-refractivity contribution in [1.82, 2.24) is 0 Å². The quantitative estimate of drug-likeness (QED) is 0.592. The number of carbonyl (C=O) groups excluding carboxylic acids is 1. The van der Waals surface area contributed by atoms with Gasteiger partial charge in [-0.15, -0.1) is 0 Å². The van der Waals surface area contributed by atoms with Gasteiger partial charge in [0.1, 0.15) is 0 Å². The van der Waals surface area contributed by atoms with Crippen LogP contribution in [0.25, 0.3) is 0 Å². The monoisotopic (exact) mass is 298 g/mol. The molecule has 1 aromatic rings. The Morgan fingerprint density at radius 1 is 1.30 bits per heavy atom. The zero-order valence-electron chi connectivity index (χ0n) is 11.5. The lowest BCUT2D eigenvalue weighted by molar-refractivity contribution is -0.145. The van der Waals surface area contributed by atoms with Crippen LogP contribution < -0.4 is 0 Å². The van der Waals surface area contributed by atoms with Gasteiger partial charge in [-0.2, -0.15) is 8.42 Å². The van der Waals surface area contributed by atoms with E-state index in [0.717, 1.165) is 5.56 Å². The van der Waals surface area contributed by atoms with Gasteiger partial charge in [-0.25, -0.2) is 0 Å². The molecule has 1 aliphatic rings. The summed E-state index contributed by atoms with van der Waals surface area (Å²) >= 11 is 0. The molecule has 5 nitrogen and oxygen atoms in total. The average molecular weight is 298 g/mol. The maximum atomic E-state index is 11.9. The second kappa shape index (κ2) is 5.93. The molecule has 0 saturated heterocycles. The van der Waals surface area contributed by atoms with Crippen molar-refractivity contribution < 1.29 is 22.1 Å². The van der Waals surface area contributed by atoms with E-state index in [1.165, 1.54) is 12.1 Å². The summed E-state index contributed by atoms with van der Waals surface area (Å²) in [6, 6.07) is 6.46. The molecular formula is C14H18O5S. The minimum absolute atomic E-state index is 0.0275. The van der Waals surface area contributed by atoms with Crippen molar-refractivity contribution in [3.63, 3.8) is 0 Å². The molecule has 0 N–H and O–H groups in total. The van der Waals surface area contributed by atoms with E-state index in [4.69, 9.17) is 8.92 Å². The summed E-state index contributed by atoms with van der Waals surface area (Å²) in [5, 5.41) is 0. The van der Waals surface area contributed by atoms with E-state index in [1.54, 1.807) is 19.1 Å². The first kappa shape index (κ1) is 15.0. The second-order valence-electron chi connectivity index (χ2n) is 4.91. The number of esters is 1. The standard InChI is InChI=1S/C14H18O5S/c1-3-18-14(15)13-8-11(13)9-19-20(16,17)12-6-4-10(2)5-7-12/h4-7,11,13H,3,8-9H2,1-2H3/t11-,13-/m1/s1. The van der Waals surface area contributed by atoms with Crippen molar-refractivity contribution in [2.45, 2.75) is 25.2 Å². The van der Waals surface area contributed by atoms with E-state index in [2.05, 4.69) is 0 Å². The summed E-state index contributed by atoms with van der Waals surface area (Å²) in [7, 11) is -3.75. The Hall–Kier alpha value is -1.40. The third kappa shape index (κ3) is 3.58. The first-order chi connectivity index (χ1) is 9.44. The highest BCUT2D eigenvalue weighted by Gasteiger charge is 2.45. The third-order valence-electron chi connectivity index (χ3n) is 3.26. The predicted octanol–water partition coefficient (Wildman–Crippen LogP) is 1.90. The summed E-state index contributed by atoms with van der Waals surface area (Å²) in [5.41, 5.74) is 0.980. The van der Waals surface area contributed by atoms with Crippen molar-refractivity contribution in [3.8, 4) is 0 Å². The lowest BCUT2D eigenvalue weighted by Crippen LogP contribution is -2.12. The van der Waals surface area contributed by atoms with Gasteiger partial charge < -0.3 is 4.74 Å². The molecule has 1 aliphatic carbocycles. The van der Waals surface area contributed by atoms with Crippen molar-refractivity contribution in [3.05, 3.63) is 29.8 Å². The van der Waals surface area contributed by atoms with E-state index >= 15 is 0 Å². The van der Waals surface area contributed by atoms with Crippen LogP contribution in [0.15, 0.2) is 29.2 Å². The first-order valence-electron chi connectivity index (χ1n) is 6.56. The summed E-state index contributed by atoms with van der Waals surface area (Å²) in [6.07, 6.45) is 0.627. The van der Waals surface area contributed by atoms with Crippen LogP contribution in [0, 0.1) is 18.8 Å². The fraction of sp³-hybridized carbons (Fsp3) is 0.500. The highest BCUT2D eigenvalue weighted by Crippen LogP contribution is 2.40. The van der Waals surface area contributed by atoms with Crippen LogP contribution >= 0.6 is 0 Å². The maximum Gasteiger partial charge on any atom is 0.309 e. The highest BCUT2D eigenvalue weighted by atomic mass is 32.2. The topological polar surface area (TPSA) is 69.7 Å². The van der Waals surface area contributed by atoms with Gasteiger partial charge in [-0.3, -0.25) is 8.98 Å². The maximum absolute atomic E-state index is 11.9. The van der Waals surface area contributed by atoms with Crippen LogP contribution in [0.1, 0.15) is 18.9 Å². The molecule has 2 atom stereocenters. The zero-order valence-corrected chi connectivity index (χ0v) is 12.4. The Bertz CT molecular complexity index is 576. The molecule has 110 valence electrons. The number of rotatable bonds is 6. The Kier molecular flexibility index (Phi) is 4.45. The summed E-state index contributed by atoms with van der Waals surface area (Å²) in [4.78, 5) is 11.6. The van der Waals surface area contributed by atoms with Crippen molar-refractivity contribution in [2.24, 2.45) is 11.8 Å². The molecule has 1 fully saturated rings. The normalized spacial score (nSPS) is 21.5. The fourth-order valence-corrected chi connectivity index (χ4v) is 2.88. The molecule has 0 unspecified atom stereocenters.